The monoisotopic (exact) mass is 316 g/mol. The van der Waals surface area contributed by atoms with E-state index in [1.165, 1.54) is 6.08 Å². The molecule has 1 amide bonds. The second kappa shape index (κ2) is 7.57. The molecule has 2 N–H and O–H groups in total. The summed E-state index contributed by atoms with van der Waals surface area (Å²) in [5, 5.41) is 6.36. The molecule has 0 unspecified atom stereocenters. The minimum Gasteiger partial charge on any atom is -0.332 e. The van der Waals surface area contributed by atoms with Crippen LogP contribution in [0.3, 0.4) is 0 Å². The Hall–Kier alpha value is -2.17. The molecule has 0 atom stereocenters. The fraction of sp³-hybridized carbons (Fsp3) is 0. The van der Waals surface area contributed by atoms with Gasteiger partial charge in [-0.3, -0.25) is 10.1 Å². The van der Waals surface area contributed by atoms with E-state index in [4.69, 9.17) is 23.8 Å². The number of carbonyl (C=O) groups is 1. The predicted octanol–water partition coefficient (Wildman–Crippen LogP) is 3.87. The Morgan fingerprint density at radius 1 is 1.05 bits per heavy atom. The Labute approximate surface area is 133 Å². The van der Waals surface area contributed by atoms with Gasteiger partial charge in [0.15, 0.2) is 5.11 Å². The fourth-order valence-electron chi connectivity index (χ4n) is 1.59. The minimum absolute atomic E-state index is 0.236. The first-order valence-electron chi connectivity index (χ1n) is 6.24. The summed E-state index contributed by atoms with van der Waals surface area (Å²) in [5.41, 5.74) is 1.71. The molecule has 0 aliphatic heterocycles. The first-order valence-corrected chi connectivity index (χ1v) is 7.03. The van der Waals surface area contributed by atoms with Crippen LogP contribution in [-0.4, -0.2) is 11.0 Å². The quantitative estimate of drug-likeness (QED) is 0.667. The highest BCUT2D eigenvalue weighted by molar-refractivity contribution is 7.80. The summed E-state index contributed by atoms with van der Waals surface area (Å²) in [5.74, 6) is -0.287. The topological polar surface area (TPSA) is 41.1 Å². The largest absolute Gasteiger partial charge is 0.332 e. The summed E-state index contributed by atoms with van der Waals surface area (Å²) < 4.78 is 0. The van der Waals surface area contributed by atoms with Crippen LogP contribution >= 0.6 is 23.8 Å². The molecule has 2 aromatic carbocycles. The van der Waals surface area contributed by atoms with Gasteiger partial charge in [0, 0.05) is 16.8 Å². The molecule has 0 radical (unpaired) electrons. The number of hydrogen-bond donors (Lipinski definition) is 2. The summed E-state index contributed by atoms with van der Waals surface area (Å²) >= 11 is 10.9. The van der Waals surface area contributed by atoms with Gasteiger partial charge in [-0.25, -0.2) is 0 Å². The van der Waals surface area contributed by atoms with Gasteiger partial charge in [-0.2, -0.15) is 0 Å². The molecule has 0 fully saturated rings. The molecule has 5 heteroatoms. The lowest BCUT2D eigenvalue weighted by atomic mass is 10.2. The Bertz CT molecular complexity index is 654. The lowest BCUT2D eigenvalue weighted by Crippen LogP contribution is -2.32. The number of carbonyl (C=O) groups excluding carboxylic acids is 1. The Morgan fingerprint density at radius 3 is 2.38 bits per heavy atom. The minimum atomic E-state index is -0.287. The molecule has 0 saturated carbocycles. The second-order valence-electron chi connectivity index (χ2n) is 4.19. The SMILES string of the molecule is O=C(/C=C/c1ccccc1)NC(=S)Nc1ccc(Cl)cc1. The molecule has 0 aromatic heterocycles. The van der Waals surface area contributed by atoms with E-state index in [9.17, 15) is 4.79 Å². The summed E-state index contributed by atoms with van der Waals surface area (Å²) in [6, 6.07) is 16.6. The van der Waals surface area contributed by atoms with Crippen LogP contribution in [0, 0.1) is 0 Å². The Balaban J connectivity index is 1.86. The van der Waals surface area contributed by atoms with Crippen LogP contribution in [0.2, 0.25) is 5.02 Å². The summed E-state index contributed by atoms with van der Waals surface area (Å²) in [6.45, 7) is 0. The van der Waals surface area contributed by atoms with Crippen LogP contribution in [0.15, 0.2) is 60.7 Å². The van der Waals surface area contributed by atoms with E-state index in [1.54, 1.807) is 30.3 Å². The number of rotatable bonds is 3. The fourth-order valence-corrected chi connectivity index (χ4v) is 1.93. The van der Waals surface area contributed by atoms with Gasteiger partial charge >= 0.3 is 0 Å². The maximum Gasteiger partial charge on any atom is 0.250 e. The number of halogens is 1. The van der Waals surface area contributed by atoms with Crippen molar-refractivity contribution in [3.8, 4) is 0 Å². The molecule has 0 spiro atoms. The summed E-state index contributed by atoms with van der Waals surface area (Å²) in [6.07, 6.45) is 3.16. The van der Waals surface area contributed by atoms with Crippen molar-refractivity contribution >= 4 is 46.6 Å². The lowest BCUT2D eigenvalue weighted by molar-refractivity contribution is -0.115. The zero-order valence-corrected chi connectivity index (χ0v) is 12.6. The third kappa shape index (κ3) is 5.38. The molecule has 0 aliphatic carbocycles. The van der Waals surface area contributed by atoms with Crippen molar-refractivity contribution in [1.29, 1.82) is 0 Å². The van der Waals surface area contributed by atoms with Gasteiger partial charge in [0.2, 0.25) is 5.91 Å². The molecule has 0 bridgehead atoms. The van der Waals surface area contributed by atoms with Crippen molar-refractivity contribution in [3.63, 3.8) is 0 Å². The lowest BCUT2D eigenvalue weighted by Gasteiger charge is -2.07. The van der Waals surface area contributed by atoms with Gasteiger partial charge in [0.1, 0.15) is 0 Å². The summed E-state index contributed by atoms with van der Waals surface area (Å²) in [4.78, 5) is 11.7. The molecule has 0 heterocycles. The molecule has 2 rings (SSSR count). The Kier molecular flexibility index (Phi) is 5.49. The third-order valence-electron chi connectivity index (χ3n) is 2.57. The average molecular weight is 317 g/mol. The number of hydrogen-bond acceptors (Lipinski definition) is 2. The molecule has 21 heavy (non-hydrogen) atoms. The molecule has 106 valence electrons. The predicted molar refractivity (Wildman–Crippen MR) is 91.3 cm³/mol. The van der Waals surface area contributed by atoms with Crippen molar-refractivity contribution in [2.75, 3.05) is 5.32 Å². The highest BCUT2D eigenvalue weighted by Crippen LogP contribution is 2.13. The van der Waals surface area contributed by atoms with Gasteiger partial charge < -0.3 is 5.32 Å². The van der Waals surface area contributed by atoms with Crippen LogP contribution in [0.1, 0.15) is 5.56 Å². The van der Waals surface area contributed by atoms with Crippen LogP contribution in [0.5, 0.6) is 0 Å². The van der Waals surface area contributed by atoms with Crippen LogP contribution in [0.25, 0.3) is 6.08 Å². The number of nitrogens with one attached hydrogen (secondary N) is 2. The van der Waals surface area contributed by atoms with E-state index in [-0.39, 0.29) is 11.0 Å². The standard InChI is InChI=1S/C16H13ClN2OS/c17-13-7-9-14(10-8-13)18-16(21)19-15(20)11-6-12-4-2-1-3-5-12/h1-11H,(H2,18,19,20,21)/b11-6+. The maximum absolute atomic E-state index is 11.7. The molecule has 0 saturated heterocycles. The second-order valence-corrected chi connectivity index (χ2v) is 5.04. The number of anilines is 1. The van der Waals surface area contributed by atoms with Crippen molar-refractivity contribution in [1.82, 2.24) is 5.32 Å². The highest BCUT2D eigenvalue weighted by Gasteiger charge is 2.01. The zero-order valence-electron chi connectivity index (χ0n) is 11.0. The molecule has 3 nitrogen and oxygen atoms in total. The van der Waals surface area contributed by atoms with Crippen LogP contribution in [0.4, 0.5) is 5.69 Å². The number of thiocarbonyl (C=S) groups is 1. The molecule has 0 aliphatic rings. The number of benzene rings is 2. The molecular formula is C16H13ClN2OS. The third-order valence-corrected chi connectivity index (χ3v) is 3.02. The Morgan fingerprint density at radius 2 is 1.71 bits per heavy atom. The van der Waals surface area contributed by atoms with E-state index in [2.05, 4.69) is 10.6 Å². The van der Waals surface area contributed by atoms with E-state index >= 15 is 0 Å². The molecule has 2 aromatic rings. The van der Waals surface area contributed by atoms with E-state index in [1.807, 2.05) is 30.3 Å². The van der Waals surface area contributed by atoms with Gasteiger partial charge in [0.05, 0.1) is 0 Å². The first kappa shape index (κ1) is 15.2. The van der Waals surface area contributed by atoms with E-state index in [0.29, 0.717) is 5.02 Å². The average Bonchev–Trinajstić information content (AvgIpc) is 2.48. The molecular weight excluding hydrogens is 304 g/mol. The first-order chi connectivity index (χ1) is 10.1. The van der Waals surface area contributed by atoms with Crippen LogP contribution < -0.4 is 10.6 Å². The van der Waals surface area contributed by atoms with Gasteiger partial charge in [-0.1, -0.05) is 41.9 Å². The number of amides is 1. The van der Waals surface area contributed by atoms with E-state index in [0.717, 1.165) is 11.3 Å². The van der Waals surface area contributed by atoms with Gasteiger partial charge in [-0.15, -0.1) is 0 Å². The highest BCUT2D eigenvalue weighted by atomic mass is 35.5. The smallest absolute Gasteiger partial charge is 0.250 e. The summed E-state index contributed by atoms with van der Waals surface area (Å²) in [7, 11) is 0. The van der Waals surface area contributed by atoms with E-state index < -0.39 is 0 Å². The van der Waals surface area contributed by atoms with Crippen molar-refractivity contribution in [2.24, 2.45) is 0 Å². The van der Waals surface area contributed by atoms with Crippen LogP contribution in [-0.2, 0) is 4.79 Å². The van der Waals surface area contributed by atoms with Crippen molar-refractivity contribution in [2.45, 2.75) is 0 Å². The normalized spacial score (nSPS) is 10.3. The maximum atomic E-state index is 11.7. The van der Waals surface area contributed by atoms with Crippen molar-refractivity contribution < 1.29 is 4.79 Å². The van der Waals surface area contributed by atoms with Gasteiger partial charge in [0.25, 0.3) is 0 Å². The van der Waals surface area contributed by atoms with Gasteiger partial charge in [-0.05, 0) is 48.1 Å². The zero-order chi connectivity index (χ0) is 15.1. The van der Waals surface area contributed by atoms with Crippen molar-refractivity contribution in [3.05, 3.63) is 71.3 Å².